The van der Waals surface area contributed by atoms with Gasteiger partial charge >= 0.3 is 0 Å². The lowest BCUT2D eigenvalue weighted by atomic mass is 10.1. The van der Waals surface area contributed by atoms with Crippen molar-refractivity contribution in [2.24, 2.45) is 5.73 Å². The Kier molecular flexibility index (Phi) is 10.2. The average Bonchev–Trinajstić information content (AvgIpc) is 2.38. The lowest BCUT2D eigenvalue weighted by Crippen LogP contribution is -2.44. The first-order valence-electron chi connectivity index (χ1n) is 6.22. The maximum absolute atomic E-state index is 11.7. The van der Waals surface area contributed by atoms with Gasteiger partial charge in [-0.15, -0.1) is 0 Å². The van der Waals surface area contributed by atoms with E-state index in [2.05, 4.69) is 21.3 Å². The molecule has 106 valence electrons. The molecule has 0 aromatic rings. The van der Waals surface area contributed by atoms with E-state index in [-0.39, 0.29) is 24.4 Å². The Labute approximate surface area is 108 Å². The summed E-state index contributed by atoms with van der Waals surface area (Å²) in [5, 5.41) is 11.4. The van der Waals surface area contributed by atoms with Crippen LogP contribution in [0.1, 0.15) is 12.8 Å². The van der Waals surface area contributed by atoms with Crippen LogP contribution in [0, 0.1) is 0 Å². The third-order valence-corrected chi connectivity index (χ3v) is 2.52. The number of hydrogen-bond donors (Lipinski definition) is 5. The molecule has 0 aliphatic carbocycles. The molecule has 18 heavy (non-hydrogen) atoms. The standard InChI is InChI=1S/C11H25N5O2/c1-13-6-7-16-11(18)9(14-2)4-3-5-15-10(17)8-12/h9,13-14H,3-8,12H2,1-2H3,(H,15,17)(H,16,18)/t9-/m0/s1. The van der Waals surface area contributed by atoms with E-state index in [1.807, 2.05) is 7.05 Å². The fraction of sp³-hybridized carbons (Fsp3) is 0.818. The number of carbonyl (C=O) groups excluding carboxylic acids is 2. The molecule has 0 saturated carbocycles. The molecular weight excluding hydrogens is 234 g/mol. The fourth-order valence-electron chi connectivity index (χ4n) is 1.45. The van der Waals surface area contributed by atoms with Crippen LogP contribution in [-0.4, -0.2) is 58.1 Å². The smallest absolute Gasteiger partial charge is 0.237 e. The predicted molar refractivity (Wildman–Crippen MR) is 71.1 cm³/mol. The van der Waals surface area contributed by atoms with Gasteiger partial charge in [0, 0.05) is 19.6 Å². The third kappa shape index (κ3) is 7.99. The van der Waals surface area contributed by atoms with Crippen LogP contribution in [0.2, 0.25) is 0 Å². The molecule has 0 aliphatic rings. The molecule has 6 N–H and O–H groups in total. The normalized spacial score (nSPS) is 11.9. The van der Waals surface area contributed by atoms with E-state index in [1.165, 1.54) is 0 Å². The Morgan fingerprint density at radius 2 is 1.83 bits per heavy atom. The number of nitrogens with one attached hydrogen (secondary N) is 4. The highest BCUT2D eigenvalue weighted by molar-refractivity contribution is 5.81. The molecule has 0 saturated heterocycles. The summed E-state index contributed by atoms with van der Waals surface area (Å²) in [5.41, 5.74) is 5.16. The summed E-state index contributed by atoms with van der Waals surface area (Å²) in [7, 11) is 3.59. The van der Waals surface area contributed by atoms with Crippen molar-refractivity contribution in [3.8, 4) is 0 Å². The van der Waals surface area contributed by atoms with Crippen LogP contribution in [0.5, 0.6) is 0 Å². The quantitative estimate of drug-likeness (QED) is 0.285. The lowest BCUT2D eigenvalue weighted by Gasteiger charge is -2.16. The molecule has 0 bridgehead atoms. The van der Waals surface area contributed by atoms with Crippen LogP contribution >= 0.6 is 0 Å². The molecule has 0 heterocycles. The minimum Gasteiger partial charge on any atom is -0.355 e. The number of carbonyl (C=O) groups is 2. The van der Waals surface area contributed by atoms with Crippen molar-refractivity contribution in [1.82, 2.24) is 21.3 Å². The van der Waals surface area contributed by atoms with Gasteiger partial charge in [-0.05, 0) is 26.9 Å². The number of nitrogens with two attached hydrogens (primary N) is 1. The molecule has 7 nitrogen and oxygen atoms in total. The van der Waals surface area contributed by atoms with Crippen molar-refractivity contribution in [3.63, 3.8) is 0 Å². The summed E-state index contributed by atoms with van der Waals surface area (Å²) in [5.74, 6) is -0.188. The molecule has 0 aliphatic heterocycles. The highest BCUT2D eigenvalue weighted by Gasteiger charge is 2.14. The Morgan fingerprint density at radius 3 is 2.39 bits per heavy atom. The third-order valence-electron chi connectivity index (χ3n) is 2.52. The van der Waals surface area contributed by atoms with Crippen molar-refractivity contribution in [2.75, 3.05) is 40.3 Å². The zero-order valence-corrected chi connectivity index (χ0v) is 11.2. The van der Waals surface area contributed by atoms with Crippen molar-refractivity contribution in [2.45, 2.75) is 18.9 Å². The second-order valence-corrected chi connectivity index (χ2v) is 3.93. The zero-order chi connectivity index (χ0) is 13.8. The van der Waals surface area contributed by atoms with E-state index in [9.17, 15) is 9.59 Å². The monoisotopic (exact) mass is 259 g/mol. The summed E-state index contributed by atoms with van der Waals surface area (Å²) < 4.78 is 0. The minimum absolute atomic E-state index is 0.0000395. The largest absolute Gasteiger partial charge is 0.355 e. The first-order chi connectivity index (χ1) is 8.65. The molecular formula is C11H25N5O2. The van der Waals surface area contributed by atoms with Crippen molar-refractivity contribution in [3.05, 3.63) is 0 Å². The van der Waals surface area contributed by atoms with Crippen molar-refractivity contribution >= 4 is 11.8 Å². The van der Waals surface area contributed by atoms with Crippen LogP contribution in [-0.2, 0) is 9.59 Å². The lowest BCUT2D eigenvalue weighted by molar-refractivity contribution is -0.123. The minimum atomic E-state index is -0.225. The molecule has 7 heteroatoms. The first kappa shape index (κ1) is 16.8. The van der Waals surface area contributed by atoms with E-state index in [4.69, 9.17) is 5.73 Å². The van der Waals surface area contributed by atoms with E-state index in [0.717, 1.165) is 13.0 Å². The maximum Gasteiger partial charge on any atom is 0.237 e. The topological polar surface area (TPSA) is 108 Å². The van der Waals surface area contributed by atoms with Gasteiger partial charge < -0.3 is 27.0 Å². The van der Waals surface area contributed by atoms with E-state index >= 15 is 0 Å². The molecule has 0 aromatic heterocycles. The van der Waals surface area contributed by atoms with Crippen molar-refractivity contribution < 1.29 is 9.59 Å². The SMILES string of the molecule is CNCCNC(=O)[C@H](CCCNC(=O)CN)NC. The van der Waals surface area contributed by atoms with E-state index in [1.54, 1.807) is 7.05 Å². The first-order valence-corrected chi connectivity index (χ1v) is 6.22. The highest BCUT2D eigenvalue weighted by Crippen LogP contribution is 1.96. The Hall–Kier alpha value is -1.18. The number of hydrogen-bond acceptors (Lipinski definition) is 5. The van der Waals surface area contributed by atoms with Crippen LogP contribution in [0.3, 0.4) is 0 Å². The Morgan fingerprint density at radius 1 is 1.11 bits per heavy atom. The molecule has 0 rings (SSSR count). The fourth-order valence-corrected chi connectivity index (χ4v) is 1.45. The summed E-state index contributed by atoms with van der Waals surface area (Å²) in [6.07, 6.45) is 1.41. The van der Waals surface area contributed by atoms with Gasteiger partial charge in [0.05, 0.1) is 12.6 Å². The molecule has 0 fully saturated rings. The van der Waals surface area contributed by atoms with E-state index < -0.39 is 0 Å². The van der Waals surface area contributed by atoms with Crippen LogP contribution in [0.15, 0.2) is 0 Å². The van der Waals surface area contributed by atoms with Gasteiger partial charge in [0.15, 0.2) is 0 Å². The van der Waals surface area contributed by atoms with Gasteiger partial charge in [-0.1, -0.05) is 0 Å². The summed E-state index contributed by atoms with van der Waals surface area (Å²) in [4.78, 5) is 22.6. The highest BCUT2D eigenvalue weighted by atomic mass is 16.2. The van der Waals surface area contributed by atoms with Gasteiger partial charge in [-0.3, -0.25) is 9.59 Å². The Balaban J connectivity index is 3.74. The molecule has 0 unspecified atom stereocenters. The second kappa shape index (κ2) is 10.9. The Bertz CT molecular complexity index is 248. The zero-order valence-electron chi connectivity index (χ0n) is 11.2. The molecule has 0 spiro atoms. The van der Waals surface area contributed by atoms with Gasteiger partial charge in [0.2, 0.25) is 11.8 Å². The second-order valence-electron chi connectivity index (χ2n) is 3.93. The maximum atomic E-state index is 11.7. The number of likely N-dealkylation sites (N-methyl/N-ethyl adjacent to an activating group) is 2. The number of amides is 2. The molecule has 1 atom stereocenters. The van der Waals surface area contributed by atoms with Gasteiger partial charge in [-0.2, -0.15) is 0 Å². The summed E-state index contributed by atoms with van der Waals surface area (Å²) in [6, 6.07) is -0.225. The molecule has 0 aromatic carbocycles. The average molecular weight is 259 g/mol. The predicted octanol–water partition coefficient (Wildman–Crippen LogP) is -2.23. The van der Waals surface area contributed by atoms with Crippen LogP contribution in [0.4, 0.5) is 0 Å². The van der Waals surface area contributed by atoms with Gasteiger partial charge in [0.1, 0.15) is 0 Å². The van der Waals surface area contributed by atoms with Crippen molar-refractivity contribution in [1.29, 1.82) is 0 Å². The van der Waals surface area contributed by atoms with Crippen LogP contribution in [0.25, 0.3) is 0 Å². The van der Waals surface area contributed by atoms with E-state index in [0.29, 0.717) is 19.5 Å². The molecule has 2 amide bonds. The number of rotatable bonds is 10. The van der Waals surface area contributed by atoms with Gasteiger partial charge in [0.25, 0.3) is 0 Å². The molecule has 0 radical (unpaired) electrons. The summed E-state index contributed by atoms with van der Waals surface area (Å²) >= 11 is 0. The van der Waals surface area contributed by atoms with Gasteiger partial charge in [-0.25, -0.2) is 0 Å². The van der Waals surface area contributed by atoms with Crippen LogP contribution < -0.4 is 27.0 Å². The summed E-state index contributed by atoms with van der Waals surface area (Å²) in [6.45, 7) is 1.89.